The summed E-state index contributed by atoms with van der Waals surface area (Å²) < 4.78 is 2.80. The topological polar surface area (TPSA) is 41.9 Å². The zero-order valence-corrected chi connectivity index (χ0v) is 13.8. The highest BCUT2D eigenvalue weighted by Gasteiger charge is 2.09. The smallest absolute Gasteiger partial charge is 0.167 e. The Balaban J connectivity index is 1.87. The summed E-state index contributed by atoms with van der Waals surface area (Å²) in [6.07, 6.45) is 1.78. The van der Waals surface area contributed by atoms with Gasteiger partial charge in [-0.1, -0.05) is 30.3 Å². The van der Waals surface area contributed by atoms with E-state index in [9.17, 15) is 0 Å². The summed E-state index contributed by atoms with van der Waals surface area (Å²) in [5.74, 6) is 0. The largest absolute Gasteiger partial charge is 0.357 e. The molecule has 2 rings (SSSR count). The highest BCUT2D eigenvalue weighted by molar-refractivity contribution is 9.10. The molecule has 6 heteroatoms. The summed E-state index contributed by atoms with van der Waals surface area (Å²) in [4.78, 5) is 0. The molecule has 0 aliphatic heterocycles. The zero-order valence-electron chi connectivity index (χ0n) is 11.4. The molecule has 2 N–H and O–H groups in total. The van der Waals surface area contributed by atoms with Crippen molar-refractivity contribution >= 4 is 33.3 Å². The first-order valence-electron chi connectivity index (χ1n) is 6.33. The normalized spacial score (nSPS) is 11.9. The van der Waals surface area contributed by atoms with Gasteiger partial charge in [-0.2, -0.15) is 5.10 Å². The summed E-state index contributed by atoms with van der Waals surface area (Å²) in [7, 11) is 1.91. The molecule has 0 fully saturated rings. The van der Waals surface area contributed by atoms with Gasteiger partial charge in [0.2, 0.25) is 0 Å². The van der Waals surface area contributed by atoms with Crippen molar-refractivity contribution < 1.29 is 0 Å². The van der Waals surface area contributed by atoms with Gasteiger partial charge < -0.3 is 10.6 Å². The SMILES string of the molecule is CC(NC(=S)NCc1c(Br)cnn1C)c1ccccc1. The molecule has 0 spiro atoms. The standard InChI is InChI=1S/C14H17BrN4S/c1-10(11-6-4-3-5-7-11)18-14(20)16-9-13-12(15)8-17-19(13)2/h3-8,10H,9H2,1-2H3,(H2,16,18,20). The first-order chi connectivity index (χ1) is 9.58. The van der Waals surface area contributed by atoms with Crippen molar-refractivity contribution in [2.24, 2.45) is 7.05 Å². The first kappa shape index (κ1) is 15.0. The van der Waals surface area contributed by atoms with Gasteiger partial charge in [-0.05, 0) is 40.6 Å². The molecule has 0 saturated carbocycles. The van der Waals surface area contributed by atoms with E-state index in [0.717, 1.165) is 10.2 Å². The average Bonchev–Trinajstić information content (AvgIpc) is 2.77. The third-order valence-corrected chi connectivity index (χ3v) is 4.00. The van der Waals surface area contributed by atoms with E-state index in [4.69, 9.17) is 12.2 Å². The van der Waals surface area contributed by atoms with Crippen molar-refractivity contribution in [1.82, 2.24) is 20.4 Å². The molecule has 0 aliphatic carbocycles. The molecule has 1 atom stereocenters. The van der Waals surface area contributed by atoms with E-state index >= 15 is 0 Å². The summed E-state index contributed by atoms with van der Waals surface area (Å²) in [6.45, 7) is 2.72. The molecule has 0 bridgehead atoms. The maximum absolute atomic E-state index is 5.32. The Bertz CT molecular complexity index is 563. The van der Waals surface area contributed by atoms with Gasteiger partial charge in [-0.25, -0.2) is 0 Å². The monoisotopic (exact) mass is 352 g/mol. The minimum absolute atomic E-state index is 0.172. The number of benzene rings is 1. The number of nitrogens with zero attached hydrogens (tertiary/aromatic N) is 2. The Kier molecular flexibility index (Phi) is 5.14. The van der Waals surface area contributed by atoms with E-state index < -0.39 is 0 Å². The Labute approximate surface area is 132 Å². The fraction of sp³-hybridized carbons (Fsp3) is 0.286. The fourth-order valence-corrected chi connectivity index (χ4v) is 2.61. The van der Waals surface area contributed by atoms with E-state index in [0.29, 0.717) is 11.7 Å². The highest BCUT2D eigenvalue weighted by atomic mass is 79.9. The van der Waals surface area contributed by atoms with E-state index in [1.54, 1.807) is 6.20 Å². The average molecular weight is 353 g/mol. The molecule has 20 heavy (non-hydrogen) atoms. The van der Waals surface area contributed by atoms with Crippen molar-refractivity contribution in [1.29, 1.82) is 0 Å². The van der Waals surface area contributed by atoms with E-state index in [2.05, 4.69) is 50.7 Å². The molecule has 0 aliphatic rings. The lowest BCUT2D eigenvalue weighted by Crippen LogP contribution is -2.36. The fourth-order valence-electron chi connectivity index (χ4n) is 1.87. The second-order valence-electron chi connectivity index (χ2n) is 4.52. The lowest BCUT2D eigenvalue weighted by Gasteiger charge is -2.17. The summed E-state index contributed by atoms with van der Waals surface area (Å²) in [5, 5.41) is 11.3. The predicted molar refractivity (Wildman–Crippen MR) is 88.3 cm³/mol. The first-order valence-corrected chi connectivity index (χ1v) is 7.53. The predicted octanol–water partition coefficient (Wildman–Crippen LogP) is 2.91. The van der Waals surface area contributed by atoms with Crippen molar-refractivity contribution in [3.63, 3.8) is 0 Å². The lowest BCUT2D eigenvalue weighted by atomic mass is 10.1. The second-order valence-corrected chi connectivity index (χ2v) is 5.78. The van der Waals surface area contributed by atoms with Crippen LogP contribution in [0.2, 0.25) is 0 Å². The van der Waals surface area contributed by atoms with Crippen LogP contribution in [0.5, 0.6) is 0 Å². The maximum atomic E-state index is 5.32. The van der Waals surface area contributed by atoms with Gasteiger partial charge in [0.25, 0.3) is 0 Å². The number of hydrogen-bond acceptors (Lipinski definition) is 2. The zero-order chi connectivity index (χ0) is 14.5. The number of hydrogen-bond donors (Lipinski definition) is 2. The number of thiocarbonyl (C=S) groups is 1. The quantitative estimate of drug-likeness (QED) is 0.830. The molecule has 2 aromatic rings. The van der Waals surface area contributed by atoms with Crippen LogP contribution in [-0.2, 0) is 13.6 Å². The number of aromatic nitrogens is 2. The van der Waals surface area contributed by atoms with E-state index in [-0.39, 0.29) is 6.04 Å². The van der Waals surface area contributed by atoms with Crippen LogP contribution < -0.4 is 10.6 Å². The second kappa shape index (κ2) is 6.85. The van der Waals surface area contributed by atoms with Crippen LogP contribution in [0.1, 0.15) is 24.2 Å². The molecule has 0 radical (unpaired) electrons. The number of halogens is 1. The van der Waals surface area contributed by atoms with E-state index in [1.165, 1.54) is 5.56 Å². The summed E-state index contributed by atoms with van der Waals surface area (Å²) >= 11 is 8.79. The van der Waals surface area contributed by atoms with Crippen molar-refractivity contribution in [2.75, 3.05) is 0 Å². The van der Waals surface area contributed by atoms with Gasteiger partial charge in [-0.15, -0.1) is 0 Å². The van der Waals surface area contributed by atoms with Crippen LogP contribution in [0.15, 0.2) is 41.0 Å². The minimum Gasteiger partial charge on any atom is -0.357 e. The van der Waals surface area contributed by atoms with Crippen molar-refractivity contribution in [2.45, 2.75) is 19.5 Å². The van der Waals surface area contributed by atoms with Gasteiger partial charge >= 0.3 is 0 Å². The van der Waals surface area contributed by atoms with Crippen LogP contribution in [0, 0.1) is 0 Å². The van der Waals surface area contributed by atoms with Gasteiger partial charge in [0.05, 0.1) is 29.0 Å². The van der Waals surface area contributed by atoms with Crippen LogP contribution in [-0.4, -0.2) is 14.9 Å². The third kappa shape index (κ3) is 3.80. The molecule has 1 aromatic carbocycles. The molecule has 1 heterocycles. The van der Waals surface area contributed by atoms with Gasteiger partial charge in [0, 0.05) is 7.05 Å². The summed E-state index contributed by atoms with van der Waals surface area (Å²) in [6, 6.07) is 10.4. The number of aryl methyl sites for hydroxylation is 1. The number of rotatable bonds is 4. The Morgan fingerprint density at radius 2 is 2.10 bits per heavy atom. The highest BCUT2D eigenvalue weighted by Crippen LogP contribution is 2.14. The van der Waals surface area contributed by atoms with Crippen LogP contribution in [0.25, 0.3) is 0 Å². The number of nitrogens with one attached hydrogen (secondary N) is 2. The molecule has 1 unspecified atom stereocenters. The van der Waals surface area contributed by atoms with Crippen molar-refractivity contribution in [3.8, 4) is 0 Å². The summed E-state index contributed by atoms with van der Waals surface area (Å²) in [5.41, 5.74) is 2.26. The lowest BCUT2D eigenvalue weighted by molar-refractivity contribution is 0.667. The Morgan fingerprint density at radius 3 is 2.70 bits per heavy atom. The third-order valence-electron chi connectivity index (χ3n) is 3.07. The van der Waals surface area contributed by atoms with Gasteiger partial charge in [-0.3, -0.25) is 4.68 Å². The van der Waals surface area contributed by atoms with Crippen LogP contribution in [0.3, 0.4) is 0 Å². The minimum atomic E-state index is 0.172. The molecule has 4 nitrogen and oxygen atoms in total. The molecular formula is C14H17BrN4S. The maximum Gasteiger partial charge on any atom is 0.167 e. The molecule has 0 amide bonds. The van der Waals surface area contributed by atoms with Gasteiger partial charge in [0.15, 0.2) is 5.11 Å². The van der Waals surface area contributed by atoms with Crippen molar-refractivity contribution in [3.05, 3.63) is 52.3 Å². The molecule has 106 valence electrons. The molecule has 1 aromatic heterocycles. The Hall–Kier alpha value is -1.40. The Morgan fingerprint density at radius 1 is 1.40 bits per heavy atom. The molecular weight excluding hydrogens is 336 g/mol. The van der Waals surface area contributed by atoms with Gasteiger partial charge in [0.1, 0.15) is 0 Å². The van der Waals surface area contributed by atoms with Crippen LogP contribution in [0.4, 0.5) is 0 Å². The molecule has 0 saturated heterocycles. The van der Waals surface area contributed by atoms with E-state index in [1.807, 2.05) is 29.9 Å². The van der Waals surface area contributed by atoms with Crippen LogP contribution >= 0.6 is 28.1 Å².